The molecule has 0 radical (unpaired) electrons. The minimum atomic E-state index is -0.727. The van der Waals surface area contributed by atoms with Gasteiger partial charge in [0.1, 0.15) is 5.69 Å². The maximum absolute atomic E-state index is 12.3. The summed E-state index contributed by atoms with van der Waals surface area (Å²) in [6.07, 6.45) is 0.507. The van der Waals surface area contributed by atoms with Crippen LogP contribution < -0.4 is 5.32 Å². The highest BCUT2D eigenvalue weighted by molar-refractivity contribution is 6.31. The first-order valence-electron chi connectivity index (χ1n) is 8.31. The number of aryl methyl sites for hydroxylation is 2. The third kappa shape index (κ3) is 4.68. The third-order valence-electron chi connectivity index (χ3n) is 4.06. The second-order valence-corrected chi connectivity index (χ2v) is 6.32. The lowest BCUT2D eigenvalue weighted by Gasteiger charge is -2.08. The van der Waals surface area contributed by atoms with Gasteiger partial charge in [0, 0.05) is 16.4 Å². The van der Waals surface area contributed by atoms with Gasteiger partial charge in [0.2, 0.25) is 0 Å². The minimum Gasteiger partial charge on any atom is -0.465 e. The van der Waals surface area contributed by atoms with Crippen molar-refractivity contribution in [1.29, 1.82) is 0 Å². The van der Waals surface area contributed by atoms with E-state index in [4.69, 9.17) is 21.1 Å². The fraction of sp³-hybridized carbons (Fsp3) is 0.316. The van der Waals surface area contributed by atoms with Crippen LogP contribution in [0.5, 0.6) is 0 Å². The van der Waals surface area contributed by atoms with Crippen LogP contribution in [0, 0.1) is 13.8 Å². The summed E-state index contributed by atoms with van der Waals surface area (Å²) in [5.74, 6) is -1.76. The highest BCUT2D eigenvalue weighted by Crippen LogP contribution is 2.21. The molecular weight excluding hydrogens is 372 g/mol. The Hall–Kier alpha value is -2.80. The fourth-order valence-corrected chi connectivity index (χ4v) is 2.76. The maximum Gasteiger partial charge on any atom is 0.355 e. The molecule has 1 heterocycles. The molecule has 0 unspecified atom stereocenters. The molecule has 27 heavy (non-hydrogen) atoms. The van der Waals surface area contributed by atoms with Gasteiger partial charge in [-0.15, -0.1) is 0 Å². The van der Waals surface area contributed by atoms with E-state index in [1.807, 2.05) is 13.8 Å². The number of carbonyl (C=O) groups is 3. The molecule has 0 saturated heterocycles. The zero-order chi connectivity index (χ0) is 20.1. The largest absolute Gasteiger partial charge is 0.465 e. The minimum absolute atomic E-state index is 0.124. The van der Waals surface area contributed by atoms with Crippen molar-refractivity contribution < 1.29 is 23.9 Å². The molecule has 8 heteroatoms. The Morgan fingerprint density at radius 2 is 1.89 bits per heavy atom. The van der Waals surface area contributed by atoms with Crippen molar-refractivity contribution in [2.24, 2.45) is 0 Å². The number of nitrogens with one attached hydrogen (secondary N) is 2. The number of anilines is 1. The van der Waals surface area contributed by atoms with Crippen LogP contribution in [0.3, 0.4) is 0 Å². The van der Waals surface area contributed by atoms with Crippen molar-refractivity contribution in [3.63, 3.8) is 0 Å². The van der Waals surface area contributed by atoms with Crippen molar-refractivity contribution in [2.75, 3.05) is 19.0 Å². The number of ether oxygens (including phenoxy) is 2. The van der Waals surface area contributed by atoms with E-state index >= 15 is 0 Å². The van der Waals surface area contributed by atoms with E-state index in [1.54, 1.807) is 25.1 Å². The molecule has 144 valence electrons. The summed E-state index contributed by atoms with van der Waals surface area (Å²) >= 11 is 6.01. The van der Waals surface area contributed by atoms with Gasteiger partial charge < -0.3 is 19.8 Å². The van der Waals surface area contributed by atoms with Gasteiger partial charge in [0.05, 0.1) is 12.7 Å². The second kappa shape index (κ2) is 8.73. The molecule has 2 aromatic rings. The van der Waals surface area contributed by atoms with Crippen molar-refractivity contribution >= 4 is 35.1 Å². The first-order valence-corrected chi connectivity index (χ1v) is 8.69. The Balaban J connectivity index is 2.05. The molecule has 0 spiro atoms. The number of methoxy groups -OCH3 is 1. The van der Waals surface area contributed by atoms with Crippen LogP contribution in [-0.2, 0) is 20.7 Å². The molecule has 0 aliphatic heterocycles. The van der Waals surface area contributed by atoms with Gasteiger partial charge in [-0.05, 0) is 43.5 Å². The van der Waals surface area contributed by atoms with Gasteiger partial charge in [0.25, 0.3) is 5.91 Å². The fourth-order valence-electron chi connectivity index (χ4n) is 2.58. The van der Waals surface area contributed by atoms with Crippen molar-refractivity contribution in [2.45, 2.75) is 27.2 Å². The van der Waals surface area contributed by atoms with Gasteiger partial charge in [-0.25, -0.2) is 9.59 Å². The van der Waals surface area contributed by atoms with Crippen LogP contribution in [0.25, 0.3) is 0 Å². The van der Waals surface area contributed by atoms with E-state index in [0.717, 1.165) is 5.56 Å². The lowest BCUT2D eigenvalue weighted by Crippen LogP contribution is -2.21. The number of aromatic nitrogens is 1. The SMILES string of the molecule is CCc1[nH]c(C(=O)OCC(=O)Nc2ccc(C)c(Cl)c2)c(C)c1C(=O)OC. The molecule has 0 fully saturated rings. The summed E-state index contributed by atoms with van der Waals surface area (Å²) in [6, 6.07) is 5.08. The third-order valence-corrected chi connectivity index (χ3v) is 4.47. The van der Waals surface area contributed by atoms with Crippen LogP contribution in [0.4, 0.5) is 5.69 Å². The number of rotatable bonds is 6. The normalized spacial score (nSPS) is 10.4. The van der Waals surface area contributed by atoms with E-state index in [1.165, 1.54) is 7.11 Å². The Kier molecular flexibility index (Phi) is 6.63. The van der Waals surface area contributed by atoms with E-state index < -0.39 is 24.5 Å². The quantitative estimate of drug-likeness (QED) is 0.734. The van der Waals surface area contributed by atoms with E-state index in [0.29, 0.717) is 34.0 Å². The van der Waals surface area contributed by atoms with Crippen LogP contribution >= 0.6 is 11.6 Å². The van der Waals surface area contributed by atoms with Crippen LogP contribution in [0.2, 0.25) is 5.02 Å². The topological polar surface area (TPSA) is 97.5 Å². The summed E-state index contributed by atoms with van der Waals surface area (Å²) in [4.78, 5) is 39.1. The van der Waals surface area contributed by atoms with Crippen molar-refractivity contribution in [1.82, 2.24) is 4.98 Å². The van der Waals surface area contributed by atoms with Gasteiger partial charge in [-0.1, -0.05) is 24.6 Å². The second-order valence-electron chi connectivity index (χ2n) is 5.91. The van der Waals surface area contributed by atoms with Crippen LogP contribution in [-0.4, -0.2) is 36.5 Å². The highest BCUT2D eigenvalue weighted by Gasteiger charge is 2.24. The van der Waals surface area contributed by atoms with Crippen LogP contribution in [0.1, 0.15) is 44.6 Å². The Bertz CT molecular complexity index is 888. The zero-order valence-corrected chi connectivity index (χ0v) is 16.3. The molecule has 2 N–H and O–H groups in total. The molecule has 0 aliphatic carbocycles. The predicted octanol–water partition coefficient (Wildman–Crippen LogP) is 3.43. The maximum atomic E-state index is 12.3. The van der Waals surface area contributed by atoms with E-state index in [9.17, 15) is 14.4 Å². The van der Waals surface area contributed by atoms with Gasteiger partial charge in [-0.3, -0.25) is 4.79 Å². The highest BCUT2D eigenvalue weighted by atomic mass is 35.5. The standard InChI is InChI=1S/C19H21ClN2O5/c1-5-14-16(18(24)26-4)11(3)17(22-14)19(25)27-9-15(23)21-12-7-6-10(2)13(20)8-12/h6-8,22H,5,9H2,1-4H3,(H,21,23). The molecule has 0 bridgehead atoms. The van der Waals surface area contributed by atoms with Crippen molar-refractivity contribution in [3.8, 4) is 0 Å². The van der Waals surface area contributed by atoms with Gasteiger partial charge in [-0.2, -0.15) is 0 Å². The molecule has 1 aromatic heterocycles. The lowest BCUT2D eigenvalue weighted by molar-refractivity contribution is -0.119. The predicted molar refractivity (Wildman–Crippen MR) is 101 cm³/mol. The molecule has 0 atom stereocenters. The number of esters is 2. The molecule has 2 rings (SSSR count). The first kappa shape index (κ1) is 20.5. The average Bonchev–Trinajstić information content (AvgIpc) is 2.98. The molecular formula is C19H21ClN2O5. The number of carbonyl (C=O) groups excluding carboxylic acids is 3. The number of H-pyrrole nitrogens is 1. The summed E-state index contributed by atoms with van der Waals surface area (Å²) in [6.45, 7) is 4.83. The number of hydrogen-bond acceptors (Lipinski definition) is 5. The van der Waals surface area contributed by atoms with E-state index in [-0.39, 0.29) is 5.69 Å². The molecule has 1 aromatic carbocycles. The number of amides is 1. The first-order chi connectivity index (χ1) is 12.8. The molecule has 0 aliphatic rings. The summed E-state index contributed by atoms with van der Waals surface area (Å²) in [5.41, 5.74) is 2.82. The van der Waals surface area contributed by atoms with Crippen LogP contribution in [0.15, 0.2) is 18.2 Å². The Morgan fingerprint density at radius 3 is 2.48 bits per heavy atom. The van der Waals surface area contributed by atoms with Gasteiger partial charge in [0.15, 0.2) is 6.61 Å². The molecule has 0 saturated carbocycles. The Labute approximate surface area is 162 Å². The van der Waals surface area contributed by atoms with Crippen molar-refractivity contribution in [3.05, 3.63) is 51.3 Å². The number of benzene rings is 1. The summed E-state index contributed by atoms with van der Waals surface area (Å²) < 4.78 is 9.81. The summed E-state index contributed by atoms with van der Waals surface area (Å²) in [5, 5.41) is 3.12. The van der Waals surface area contributed by atoms with Gasteiger partial charge >= 0.3 is 11.9 Å². The summed E-state index contributed by atoms with van der Waals surface area (Å²) in [7, 11) is 1.27. The lowest BCUT2D eigenvalue weighted by atomic mass is 10.1. The smallest absolute Gasteiger partial charge is 0.355 e. The average molecular weight is 393 g/mol. The number of halogens is 1. The molecule has 1 amide bonds. The molecule has 7 nitrogen and oxygen atoms in total. The monoisotopic (exact) mass is 392 g/mol. The number of aromatic amines is 1. The zero-order valence-electron chi connectivity index (χ0n) is 15.6. The van der Waals surface area contributed by atoms with E-state index in [2.05, 4.69) is 10.3 Å². The number of hydrogen-bond donors (Lipinski definition) is 2. The Morgan fingerprint density at radius 1 is 1.19 bits per heavy atom.